The van der Waals surface area contributed by atoms with Gasteiger partial charge in [0.2, 0.25) is 10.0 Å². The molecule has 1 atom stereocenters. The van der Waals surface area contributed by atoms with Gasteiger partial charge in [-0.3, -0.25) is 0 Å². The third-order valence-corrected chi connectivity index (χ3v) is 6.40. The maximum absolute atomic E-state index is 12.3. The summed E-state index contributed by atoms with van der Waals surface area (Å²) in [5.41, 5.74) is 0. The van der Waals surface area contributed by atoms with E-state index in [0.29, 0.717) is 5.92 Å². The van der Waals surface area contributed by atoms with Crippen LogP contribution in [0.3, 0.4) is 0 Å². The van der Waals surface area contributed by atoms with Crippen molar-refractivity contribution in [2.75, 3.05) is 19.6 Å². The maximum Gasteiger partial charge on any atom is 0.216 e. The van der Waals surface area contributed by atoms with Crippen LogP contribution in [-0.2, 0) is 10.0 Å². The zero-order chi connectivity index (χ0) is 12.5. The highest BCUT2D eigenvalue weighted by Gasteiger charge is 2.39. The average Bonchev–Trinajstić information content (AvgIpc) is 2.79. The molecule has 2 aliphatic rings. The smallest absolute Gasteiger partial charge is 0.216 e. The van der Waals surface area contributed by atoms with E-state index in [2.05, 4.69) is 5.32 Å². The van der Waals surface area contributed by atoms with Crippen molar-refractivity contribution in [3.63, 3.8) is 0 Å². The van der Waals surface area contributed by atoms with E-state index < -0.39 is 10.0 Å². The van der Waals surface area contributed by atoms with E-state index in [1.165, 1.54) is 0 Å². The molecule has 2 aliphatic heterocycles. The SMILES string of the molecule is CC(C)S(=O)(=O)N1CCCC1C1CCNCC1. The fourth-order valence-corrected chi connectivity index (χ4v) is 4.63. The van der Waals surface area contributed by atoms with Crippen molar-refractivity contribution >= 4 is 10.0 Å². The van der Waals surface area contributed by atoms with Crippen molar-refractivity contribution in [1.29, 1.82) is 0 Å². The van der Waals surface area contributed by atoms with Gasteiger partial charge in [-0.1, -0.05) is 0 Å². The predicted octanol–water partition coefficient (Wildman–Crippen LogP) is 1.19. The van der Waals surface area contributed by atoms with Gasteiger partial charge in [-0.2, -0.15) is 4.31 Å². The van der Waals surface area contributed by atoms with E-state index in [1.54, 1.807) is 18.2 Å². The molecule has 0 aromatic carbocycles. The van der Waals surface area contributed by atoms with Crippen LogP contribution < -0.4 is 5.32 Å². The molecular formula is C12H24N2O2S. The van der Waals surface area contributed by atoms with Gasteiger partial charge in [0.25, 0.3) is 0 Å². The van der Waals surface area contributed by atoms with Gasteiger partial charge < -0.3 is 5.32 Å². The lowest BCUT2D eigenvalue weighted by atomic mass is 9.89. The summed E-state index contributed by atoms with van der Waals surface area (Å²) in [5.74, 6) is 0.562. The highest BCUT2D eigenvalue weighted by Crippen LogP contribution is 2.32. The van der Waals surface area contributed by atoms with Crippen LogP contribution in [-0.4, -0.2) is 43.6 Å². The molecule has 0 bridgehead atoms. The minimum Gasteiger partial charge on any atom is -0.317 e. The monoisotopic (exact) mass is 260 g/mol. The first-order chi connectivity index (χ1) is 8.03. The molecule has 17 heavy (non-hydrogen) atoms. The molecule has 2 heterocycles. The quantitative estimate of drug-likeness (QED) is 0.829. The zero-order valence-electron chi connectivity index (χ0n) is 10.9. The first-order valence-electron chi connectivity index (χ1n) is 6.75. The molecule has 0 amide bonds. The van der Waals surface area contributed by atoms with Crippen LogP contribution in [0.5, 0.6) is 0 Å². The third kappa shape index (κ3) is 2.66. The van der Waals surface area contributed by atoms with Crippen molar-refractivity contribution in [3.05, 3.63) is 0 Å². The summed E-state index contributed by atoms with van der Waals surface area (Å²) in [6.07, 6.45) is 4.32. The van der Waals surface area contributed by atoms with Gasteiger partial charge in [-0.15, -0.1) is 0 Å². The molecule has 2 fully saturated rings. The summed E-state index contributed by atoms with van der Waals surface area (Å²) < 4.78 is 26.4. The number of hydrogen-bond donors (Lipinski definition) is 1. The van der Waals surface area contributed by atoms with Crippen molar-refractivity contribution in [2.45, 2.75) is 50.8 Å². The van der Waals surface area contributed by atoms with E-state index in [-0.39, 0.29) is 11.3 Å². The lowest BCUT2D eigenvalue weighted by molar-refractivity contribution is 0.234. The Morgan fingerprint density at radius 2 is 1.82 bits per heavy atom. The standard InChI is InChI=1S/C12H24N2O2S/c1-10(2)17(15,16)14-9-3-4-12(14)11-5-7-13-8-6-11/h10-13H,3-9H2,1-2H3. The van der Waals surface area contributed by atoms with E-state index in [0.717, 1.165) is 45.3 Å². The van der Waals surface area contributed by atoms with E-state index in [1.807, 2.05) is 0 Å². The third-order valence-electron chi connectivity index (χ3n) is 4.10. The van der Waals surface area contributed by atoms with Crippen LogP contribution in [0, 0.1) is 5.92 Å². The molecule has 0 aliphatic carbocycles. The molecule has 2 saturated heterocycles. The molecule has 0 spiro atoms. The lowest BCUT2D eigenvalue weighted by Crippen LogP contribution is -2.45. The van der Waals surface area contributed by atoms with Crippen LogP contribution in [0.1, 0.15) is 39.5 Å². The Morgan fingerprint density at radius 3 is 2.41 bits per heavy atom. The number of nitrogens with one attached hydrogen (secondary N) is 1. The van der Waals surface area contributed by atoms with Crippen LogP contribution in [0.25, 0.3) is 0 Å². The topological polar surface area (TPSA) is 49.4 Å². The second-order valence-corrected chi connectivity index (χ2v) is 7.94. The van der Waals surface area contributed by atoms with Gasteiger partial charge in [0.1, 0.15) is 0 Å². The van der Waals surface area contributed by atoms with Crippen LogP contribution in [0.4, 0.5) is 0 Å². The van der Waals surface area contributed by atoms with Crippen LogP contribution in [0.2, 0.25) is 0 Å². The van der Waals surface area contributed by atoms with Crippen molar-refractivity contribution in [2.24, 2.45) is 5.92 Å². The largest absolute Gasteiger partial charge is 0.317 e. The molecule has 1 N–H and O–H groups in total. The van der Waals surface area contributed by atoms with Gasteiger partial charge in [0.05, 0.1) is 5.25 Å². The zero-order valence-corrected chi connectivity index (χ0v) is 11.7. The fraction of sp³-hybridized carbons (Fsp3) is 1.00. The normalized spacial score (nSPS) is 29.0. The van der Waals surface area contributed by atoms with Gasteiger partial charge in [-0.05, 0) is 58.5 Å². The predicted molar refractivity (Wildman–Crippen MR) is 69.4 cm³/mol. The molecule has 4 nitrogen and oxygen atoms in total. The second-order valence-electron chi connectivity index (χ2n) is 5.50. The molecule has 100 valence electrons. The molecule has 0 aromatic heterocycles. The first kappa shape index (κ1) is 13.3. The summed E-state index contributed by atoms with van der Waals surface area (Å²) in [6.45, 7) is 6.38. The van der Waals surface area contributed by atoms with Gasteiger partial charge in [-0.25, -0.2) is 8.42 Å². The van der Waals surface area contributed by atoms with Crippen LogP contribution >= 0.6 is 0 Å². The molecular weight excluding hydrogens is 236 g/mol. The molecule has 5 heteroatoms. The Morgan fingerprint density at radius 1 is 1.18 bits per heavy atom. The molecule has 0 radical (unpaired) electrons. The maximum atomic E-state index is 12.3. The Kier molecular flexibility index (Phi) is 4.10. The highest BCUT2D eigenvalue weighted by molar-refractivity contribution is 7.89. The average molecular weight is 260 g/mol. The number of hydrogen-bond acceptors (Lipinski definition) is 3. The Hall–Kier alpha value is -0.130. The molecule has 1 unspecified atom stereocenters. The van der Waals surface area contributed by atoms with E-state index >= 15 is 0 Å². The lowest BCUT2D eigenvalue weighted by Gasteiger charge is -2.34. The summed E-state index contributed by atoms with van der Waals surface area (Å²) in [6, 6.07) is 0.268. The van der Waals surface area contributed by atoms with Crippen molar-refractivity contribution in [3.8, 4) is 0 Å². The highest BCUT2D eigenvalue weighted by atomic mass is 32.2. The van der Waals surface area contributed by atoms with Crippen molar-refractivity contribution < 1.29 is 8.42 Å². The Bertz CT molecular complexity index is 348. The first-order valence-corrected chi connectivity index (χ1v) is 8.25. The summed E-state index contributed by atoms with van der Waals surface area (Å²) in [7, 11) is -3.06. The minimum atomic E-state index is -3.06. The van der Waals surface area contributed by atoms with Gasteiger partial charge >= 0.3 is 0 Å². The van der Waals surface area contributed by atoms with Gasteiger partial charge in [0, 0.05) is 12.6 Å². The molecule has 2 rings (SSSR count). The number of piperidine rings is 1. The van der Waals surface area contributed by atoms with Crippen LogP contribution in [0.15, 0.2) is 0 Å². The Labute approximate surface area is 105 Å². The Balaban J connectivity index is 2.11. The fourth-order valence-electron chi connectivity index (χ4n) is 3.05. The van der Waals surface area contributed by atoms with E-state index in [9.17, 15) is 8.42 Å². The molecule has 0 saturated carbocycles. The number of nitrogens with zero attached hydrogens (tertiary/aromatic N) is 1. The number of sulfonamides is 1. The van der Waals surface area contributed by atoms with Crippen molar-refractivity contribution in [1.82, 2.24) is 9.62 Å². The second kappa shape index (κ2) is 5.24. The minimum absolute atomic E-state index is 0.268. The molecule has 0 aromatic rings. The number of rotatable bonds is 3. The van der Waals surface area contributed by atoms with Gasteiger partial charge in [0.15, 0.2) is 0 Å². The summed E-state index contributed by atoms with van der Waals surface area (Å²) in [4.78, 5) is 0. The summed E-state index contributed by atoms with van der Waals surface area (Å²) in [5, 5.41) is 3.06. The van der Waals surface area contributed by atoms with E-state index in [4.69, 9.17) is 0 Å². The summed E-state index contributed by atoms with van der Waals surface area (Å²) >= 11 is 0.